The highest BCUT2D eigenvalue weighted by atomic mass is 32.2. The van der Waals surface area contributed by atoms with E-state index in [2.05, 4.69) is 14.7 Å². The standard InChI is InChI=1S/C15H26N4O3S/c1-2-23(20,21)17-9-15-12-18(10-13-4-7-22-8-5-13)11-14-3-6-16-19(14)15/h3,6,13,15,17H,2,4-5,7-12H2,1H3/t15-/m1/s1. The topological polar surface area (TPSA) is 76.5 Å². The second-order valence-electron chi connectivity index (χ2n) is 6.42. The summed E-state index contributed by atoms with van der Waals surface area (Å²) in [6.07, 6.45) is 4.03. The highest BCUT2D eigenvalue weighted by Gasteiger charge is 2.28. The molecule has 0 unspecified atom stereocenters. The lowest BCUT2D eigenvalue weighted by atomic mass is 9.99. The number of hydrogen-bond acceptors (Lipinski definition) is 5. The highest BCUT2D eigenvalue weighted by molar-refractivity contribution is 7.89. The normalized spacial score (nSPS) is 23.8. The number of sulfonamides is 1. The first-order valence-electron chi connectivity index (χ1n) is 8.37. The Morgan fingerprint density at radius 1 is 1.39 bits per heavy atom. The molecule has 2 aliphatic rings. The summed E-state index contributed by atoms with van der Waals surface area (Å²) >= 11 is 0. The Balaban J connectivity index is 1.64. The number of nitrogens with zero attached hydrogens (tertiary/aromatic N) is 3. The van der Waals surface area contributed by atoms with Crippen molar-refractivity contribution in [3.05, 3.63) is 18.0 Å². The maximum absolute atomic E-state index is 11.7. The molecule has 8 heteroatoms. The fourth-order valence-electron chi connectivity index (χ4n) is 3.37. The fourth-order valence-corrected chi connectivity index (χ4v) is 4.02. The van der Waals surface area contributed by atoms with Crippen molar-refractivity contribution < 1.29 is 13.2 Å². The second-order valence-corrected chi connectivity index (χ2v) is 8.52. The number of rotatable bonds is 6. The van der Waals surface area contributed by atoms with Crippen LogP contribution in [0, 0.1) is 5.92 Å². The number of hydrogen-bond donors (Lipinski definition) is 1. The van der Waals surface area contributed by atoms with E-state index in [-0.39, 0.29) is 11.8 Å². The molecule has 1 atom stereocenters. The molecule has 1 aromatic rings. The number of nitrogens with one attached hydrogen (secondary N) is 1. The SMILES string of the molecule is CCS(=O)(=O)NC[C@@H]1CN(CC2CCOCC2)Cc2ccnn21. The Morgan fingerprint density at radius 2 is 2.17 bits per heavy atom. The molecule has 3 heterocycles. The van der Waals surface area contributed by atoms with Crippen LogP contribution < -0.4 is 4.72 Å². The van der Waals surface area contributed by atoms with Gasteiger partial charge in [0.15, 0.2) is 0 Å². The summed E-state index contributed by atoms with van der Waals surface area (Å²) in [6.45, 7) is 6.53. The molecule has 7 nitrogen and oxygen atoms in total. The molecule has 2 aliphatic heterocycles. The van der Waals surface area contributed by atoms with Crippen LogP contribution in [0.25, 0.3) is 0 Å². The lowest BCUT2D eigenvalue weighted by Gasteiger charge is -2.36. The molecule has 1 N–H and O–H groups in total. The second kappa shape index (κ2) is 7.29. The van der Waals surface area contributed by atoms with E-state index in [9.17, 15) is 8.42 Å². The van der Waals surface area contributed by atoms with Gasteiger partial charge in [-0.25, -0.2) is 13.1 Å². The molecule has 0 aliphatic carbocycles. The molecular formula is C15H26N4O3S. The van der Waals surface area contributed by atoms with Gasteiger partial charge < -0.3 is 4.74 Å². The maximum atomic E-state index is 11.7. The van der Waals surface area contributed by atoms with Gasteiger partial charge in [-0.15, -0.1) is 0 Å². The largest absolute Gasteiger partial charge is 0.381 e. The summed E-state index contributed by atoms with van der Waals surface area (Å²) in [5.74, 6) is 0.781. The van der Waals surface area contributed by atoms with Gasteiger partial charge in [0.2, 0.25) is 10.0 Å². The summed E-state index contributed by atoms with van der Waals surface area (Å²) in [5.41, 5.74) is 1.16. The van der Waals surface area contributed by atoms with Gasteiger partial charge in [0.05, 0.1) is 17.5 Å². The zero-order chi connectivity index (χ0) is 16.3. The maximum Gasteiger partial charge on any atom is 0.211 e. The zero-order valence-electron chi connectivity index (χ0n) is 13.6. The van der Waals surface area contributed by atoms with Crippen LogP contribution in [-0.4, -0.2) is 61.7 Å². The molecule has 0 bridgehead atoms. The van der Waals surface area contributed by atoms with E-state index in [1.165, 1.54) is 0 Å². The lowest BCUT2D eigenvalue weighted by molar-refractivity contribution is 0.0449. The van der Waals surface area contributed by atoms with Gasteiger partial charge in [-0.05, 0) is 31.7 Å². The smallest absolute Gasteiger partial charge is 0.211 e. The van der Waals surface area contributed by atoms with E-state index in [4.69, 9.17) is 4.74 Å². The van der Waals surface area contributed by atoms with Crippen LogP contribution in [0.1, 0.15) is 31.5 Å². The summed E-state index contributed by atoms with van der Waals surface area (Å²) < 4.78 is 33.5. The minimum absolute atomic E-state index is 0.0508. The van der Waals surface area contributed by atoms with Gasteiger partial charge in [-0.3, -0.25) is 9.58 Å². The molecule has 3 rings (SSSR count). The van der Waals surface area contributed by atoms with E-state index >= 15 is 0 Å². The number of fused-ring (bicyclic) bond motifs is 1. The third-order valence-corrected chi connectivity index (χ3v) is 6.10. The van der Waals surface area contributed by atoms with Crippen molar-refractivity contribution in [2.75, 3.05) is 38.6 Å². The van der Waals surface area contributed by atoms with Gasteiger partial charge in [-0.1, -0.05) is 0 Å². The van der Waals surface area contributed by atoms with E-state index in [1.54, 1.807) is 13.1 Å². The van der Waals surface area contributed by atoms with Crippen molar-refractivity contribution in [3.63, 3.8) is 0 Å². The highest BCUT2D eigenvalue weighted by Crippen LogP contribution is 2.23. The molecular weight excluding hydrogens is 316 g/mol. The molecule has 1 aromatic heterocycles. The van der Waals surface area contributed by atoms with Crippen LogP contribution in [0.15, 0.2) is 12.3 Å². The molecule has 0 saturated carbocycles. The van der Waals surface area contributed by atoms with Crippen LogP contribution in [-0.2, 0) is 21.3 Å². The first-order chi connectivity index (χ1) is 11.1. The van der Waals surface area contributed by atoms with E-state index in [0.29, 0.717) is 12.5 Å². The Morgan fingerprint density at radius 3 is 2.91 bits per heavy atom. The van der Waals surface area contributed by atoms with E-state index < -0.39 is 10.0 Å². The van der Waals surface area contributed by atoms with E-state index in [0.717, 1.165) is 51.4 Å². The Kier molecular flexibility index (Phi) is 5.35. The quantitative estimate of drug-likeness (QED) is 0.819. The van der Waals surface area contributed by atoms with Crippen molar-refractivity contribution in [2.45, 2.75) is 32.4 Å². The van der Waals surface area contributed by atoms with Crippen molar-refractivity contribution in [1.29, 1.82) is 0 Å². The van der Waals surface area contributed by atoms with Crippen LogP contribution in [0.4, 0.5) is 0 Å². The Bertz CT molecular complexity index is 610. The summed E-state index contributed by atoms with van der Waals surface area (Å²) in [6, 6.07) is 2.08. The summed E-state index contributed by atoms with van der Waals surface area (Å²) in [4.78, 5) is 2.43. The molecule has 0 amide bonds. The molecule has 1 saturated heterocycles. The first-order valence-corrected chi connectivity index (χ1v) is 10.0. The average Bonchev–Trinajstić information content (AvgIpc) is 3.02. The van der Waals surface area contributed by atoms with Gasteiger partial charge in [-0.2, -0.15) is 5.10 Å². The van der Waals surface area contributed by atoms with Crippen LogP contribution in [0.3, 0.4) is 0 Å². The van der Waals surface area contributed by atoms with Crippen molar-refractivity contribution in [1.82, 2.24) is 19.4 Å². The third kappa shape index (κ3) is 4.32. The Labute approximate surface area is 138 Å². The average molecular weight is 342 g/mol. The first kappa shape index (κ1) is 16.9. The minimum Gasteiger partial charge on any atom is -0.381 e. The molecule has 0 spiro atoms. The summed E-state index contributed by atoms with van der Waals surface area (Å²) in [5, 5.41) is 4.38. The van der Waals surface area contributed by atoms with Gasteiger partial charge >= 0.3 is 0 Å². The monoisotopic (exact) mass is 342 g/mol. The van der Waals surface area contributed by atoms with Crippen LogP contribution in [0.5, 0.6) is 0 Å². The van der Waals surface area contributed by atoms with Gasteiger partial charge in [0, 0.05) is 45.6 Å². The van der Waals surface area contributed by atoms with Crippen LogP contribution in [0.2, 0.25) is 0 Å². The van der Waals surface area contributed by atoms with Gasteiger partial charge in [0.1, 0.15) is 0 Å². The molecule has 0 aromatic carbocycles. The number of aromatic nitrogens is 2. The third-order valence-electron chi connectivity index (χ3n) is 4.73. The molecule has 130 valence electrons. The molecule has 23 heavy (non-hydrogen) atoms. The van der Waals surface area contributed by atoms with Crippen molar-refractivity contribution in [2.24, 2.45) is 5.92 Å². The predicted molar refractivity (Wildman–Crippen MR) is 87.5 cm³/mol. The Hall–Kier alpha value is -0.960. The predicted octanol–water partition coefficient (Wildman–Crippen LogP) is 0.606. The van der Waals surface area contributed by atoms with Crippen LogP contribution >= 0.6 is 0 Å². The van der Waals surface area contributed by atoms with Crippen molar-refractivity contribution in [3.8, 4) is 0 Å². The number of ether oxygens (including phenoxy) is 1. The fraction of sp³-hybridized carbons (Fsp3) is 0.800. The summed E-state index contributed by atoms with van der Waals surface area (Å²) in [7, 11) is -3.18. The zero-order valence-corrected chi connectivity index (χ0v) is 14.5. The molecule has 1 fully saturated rings. The minimum atomic E-state index is -3.18. The van der Waals surface area contributed by atoms with Crippen molar-refractivity contribution >= 4 is 10.0 Å². The molecule has 0 radical (unpaired) electrons. The van der Waals surface area contributed by atoms with Gasteiger partial charge in [0.25, 0.3) is 0 Å². The van der Waals surface area contributed by atoms with E-state index in [1.807, 2.05) is 10.7 Å². The lowest BCUT2D eigenvalue weighted by Crippen LogP contribution is -2.45.